The average molecular weight is 317 g/mol. The van der Waals surface area contributed by atoms with Crippen LogP contribution in [-0.4, -0.2) is 19.0 Å². The Balaban J connectivity index is 1.88. The highest BCUT2D eigenvalue weighted by molar-refractivity contribution is 6.01. The molecule has 1 heterocycles. The molecule has 1 aromatic carbocycles. The first kappa shape index (κ1) is 16.5. The van der Waals surface area contributed by atoms with Gasteiger partial charge in [-0.15, -0.1) is 0 Å². The predicted octanol–water partition coefficient (Wildman–Crippen LogP) is 3.18. The number of amides is 1. The first-order valence-electron chi connectivity index (χ1n) is 6.97. The summed E-state index contributed by atoms with van der Waals surface area (Å²) in [6.07, 6.45) is 3.44. The lowest BCUT2D eigenvalue weighted by Gasteiger charge is -2.01. The largest absolute Gasteiger partial charge is 0.469 e. The van der Waals surface area contributed by atoms with Crippen molar-refractivity contribution < 1.29 is 23.1 Å². The number of ether oxygens (including phenoxy) is 1. The van der Waals surface area contributed by atoms with E-state index in [1.54, 1.807) is 18.2 Å². The molecule has 2 aromatic rings. The van der Waals surface area contributed by atoms with Gasteiger partial charge in [-0.25, -0.2) is 4.39 Å². The van der Waals surface area contributed by atoms with Crippen molar-refractivity contribution in [2.45, 2.75) is 12.8 Å². The summed E-state index contributed by atoms with van der Waals surface area (Å²) in [4.78, 5) is 22.8. The number of furan rings is 1. The number of methoxy groups -OCH3 is 1. The highest BCUT2D eigenvalue weighted by atomic mass is 19.1. The number of carbonyl (C=O) groups excluding carboxylic acids is 2. The monoisotopic (exact) mass is 317 g/mol. The molecule has 0 unspecified atom stereocenters. The topological polar surface area (TPSA) is 68.5 Å². The smallest absolute Gasteiger partial charge is 0.305 e. The zero-order chi connectivity index (χ0) is 16.7. The van der Waals surface area contributed by atoms with Crippen molar-refractivity contribution in [3.05, 3.63) is 59.8 Å². The highest BCUT2D eigenvalue weighted by Gasteiger charge is 2.05. The van der Waals surface area contributed by atoms with Gasteiger partial charge in [-0.1, -0.05) is 6.07 Å². The summed E-state index contributed by atoms with van der Waals surface area (Å²) in [6, 6.07) is 9.04. The number of aryl methyl sites for hydroxylation is 1. The molecule has 0 saturated heterocycles. The molecule has 1 amide bonds. The van der Waals surface area contributed by atoms with Crippen LogP contribution in [0.15, 0.2) is 46.9 Å². The molecular formula is C17H16FNO4. The van der Waals surface area contributed by atoms with Gasteiger partial charge in [-0.2, -0.15) is 0 Å². The van der Waals surface area contributed by atoms with E-state index >= 15 is 0 Å². The van der Waals surface area contributed by atoms with Crippen LogP contribution in [-0.2, 0) is 20.7 Å². The maximum Gasteiger partial charge on any atom is 0.305 e. The highest BCUT2D eigenvalue weighted by Crippen LogP contribution is 2.13. The van der Waals surface area contributed by atoms with Crippen molar-refractivity contribution in [1.82, 2.24) is 0 Å². The SMILES string of the molecule is COC(=O)CCc1ccc(/C=C/C(=O)Nc2cccc(F)c2)o1. The summed E-state index contributed by atoms with van der Waals surface area (Å²) < 4.78 is 23.0. The Bertz CT molecular complexity index is 721. The summed E-state index contributed by atoms with van der Waals surface area (Å²) >= 11 is 0. The molecule has 5 nitrogen and oxygen atoms in total. The van der Waals surface area contributed by atoms with Gasteiger partial charge in [-0.3, -0.25) is 9.59 Å². The predicted molar refractivity (Wildman–Crippen MR) is 83.1 cm³/mol. The normalized spacial score (nSPS) is 10.7. The lowest BCUT2D eigenvalue weighted by molar-refractivity contribution is -0.140. The number of halogens is 1. The van der Waals surface area contributed by atoms with E-state index in [1.165, 1.54) is 37.5 Å². The van der Waals surface area contributed by atoms with Crippen LogP contribution in [0.4, 0.5) is 10.1 Å². The third-order valence-electron chi connectivity index (χ3n) is 2.98. The second kappa shape index (κ2) is 7.93. The Morgan fingerprint density at radius 3 is 2.87 bits per heavy atom. The molecular weight excluding hydrogens is 301 g/mol. The van der Waals surface area contributed by atoms with E-state index in [1.807, 2.05) is 0 Å². The Labute approximate surface area is 132 Å². The lowest BCUT2D eigenvalue weighted by Crippen LogP contribution is -2.07. The molecule has 120 valence electrons. The minimum absolute atomic E-state index is 0.229. The van der Waals surface area contributed by atoms with Crippen LogP contribution in [0.2, 0.25) is 0 Å². The van der Waals surface area contributed by atoms with Crippen molar-refractivity contribution in [2.75, 3.05) is 12.4 Å². The summed E-state index contributed by atoms with van der Waals surface area (Å²) in [7, 11) is 1.33. The van der Waals surface area contributed by atoms with Gasteiger partial charge in [0.05, 0.1) is 13.5 Å². The standard InChI is InChI=1S/C17H16FNO4/c1-22-17(21)10-8-15-6-5-14(23-15)7-9-16(20)19-13-4-2-3-12(18)11-13/h2-7,9,11H,8,10H2,1H3,(H,19,20)/b9-7+. The quantitative estimate of drug-likeness (QED) is 0.656. The molecule has 0 aliphatic rings. The van der Waals surface area contributed by atoms with Gasteiger partial charge in [0, 0.05) is 18.2 Å². The van der Waals surface area contributed by atoms with E-state index in [4.69, 9.17) is 4.42 Å². The average Bonchev–Trinajstić information content (AvgIpc) is 2.98. The molecule has 23 heavy (non-hydrogen) atoms. The number of carbonyl (C=O) groups is 2. The van der Waals surface area contributed by atoms with Crippen molar-refractivity contribution in [1.29, 1.82) is 0 Å². The Hall–Kier alpha value is -2.89. The molecule has 1 aromatic heterocycles. The van der Waals surface area contributed by atoms with E-state index in [0.717, 1.165) is 0 Å². The molecule has 0 spiro atoms. The van der Waals surface area contributed by atoms with Gasteiger partial charge >= 0.3 is 5.97 Å². The molecule has 2 rings (SSSR count). The van der Waals surface area contributed by atoms with Crippen LogP contribution in [0.5, 0.6) is 0 Å². The first-order valence-corrected chi connectivity index (χ1v) is 6.97. The van der Waals surface area contributed by atoms with E-state index in [0.29, 0.717) is 23.6 Å². The van der Waals surface area contributed by atoms with Gasteiger partial charge in [-0.05, 0) is 36.4 Å². The zero-order valence-corrected chi connectivity index (χ0v) is 12.5. The molecule has 1 N–H and O–H groups in total. The maximum atomic E-state index is 13.0. The fourth-order valence-corrected chi connectivity index (χ4v) is 1.85. The van der Waals surface area contributed by atoms with Gasteiger partial charge in [0.25, 0.3) is 0 Å². The van der Waals surface area contributed by atoms with E-state index < -0.39 is 11.7 Å². The Morgan fingerprint density at radius 2 is 2.13 bits per heavy atom. The fraction of sp³-hybridized carbons (Fsp3) is 0.176. The van der Waals surface area contributed by atoms with Gasteiger partial charge < -0.3 is 14.5 Å². The van der Waals surface area contributed by atoms with Gasteiger partial charge in [0.1, 0.15) is 17.3 Å². The summed E-state index contributed by atoms with van der Waals surface area (Å²) in [5.74, 6) is -0.0241. The van der Waals surface area contributed by atoms with Crippen LogP contribution >= 0.6 is 0 Å². The Morgan fingerprint density at radius 1 is 1.30 bits per heavy atom. The molecule has 0 saturated carbocycles. The second-order valence-corrected chi connectivity index (χ2v) is 4.71. The van der Waals surface area contributed by atoms with E-state index in [2.05, 4.69) is 10.1 Å². The number of benzene rings is 1. The summed E-state index contributed by atoms with van der Waals surface area (Å²) in [6.45, 7) is 0. The molecule has 0 radical (unpaired) electrons. The zero-order valence-electron chi connectivity index (χ0n) is 12.5. The summed E-state index contributed by atoms with van der Waals surface area (Å²) in [5, 5.41) is 2.54. The number of rotatable bonds is 6. The number of hydrogen-bond donors (Lipinski definition) is 1. The van der Waals surface area contributed by atoms with Crippen molar-refractivity contribution in [2.24, 2.45) is 0 Å². The lowest BCUT2D eigenvalue weighted by atomic mass is 10.2. The van der Waals surface area contributed by atoms with Crippen LogP contribution in [0.25, 0.3) is 6.08 Å². The minimum atomic E-state index is -0.423. The second-order valence-electron chi connectivity index (χ2n) is 4.71. The fourth-order valence-electron chi connectivity index (χ4n) is 1.85. The molecule has 0 fully saturated rings. The number of nitrogens with one attached hydrogen (secondary N) is 1. The Kier molecular flexibility index (Phi) is 5.68. The van der Waals surface area contributed by atoms with Crippen LogP contribution in [0.3, 0.4) is 0 Å². The maximum absolute atomic E-state index is 13.0. The molecule has 0 bridgehead atoms. The van der Waals surface area contributed by atoms with Crippen LogP contribution in [0.1, 0.15) is 17.9 Å². The summed E-state index contributed by atoms with van der Waals surface area (Å²) in [5.41, 5.74) is 0.373. The van der Waals surface area contributed by atoms with E-state index in [-0.39, 0.29) is 12.4 Å². The van der Waals surface area contributed by atoms with Crippen LogP contribution in [0, 0.1) is 5.82 Å². The minimum Gasteiger partial charge on any atom is -0.469 e. The first-order chi connectivity index (χ1) is 11.1. The van der Waals surface area contributed by atoms with Crippen molar-refractivity contribution >= 4 is 23.6 Å². The number of anilines is 1. The van der Waals surface area contributed by atoms with Crippen LogP contribution < -0.4 is 5.32 Å². The van der Waals surface area contributed by atoms with Crippen molar-refractivity contribution in [3.63, 3.8) is 0 Å². The molecule has 6 heteroatoms. The molecule has 0 aliphatic heterocycles. The van der Waals surface area contributed by atoms with E-state index in [9.17, 15) is 14.0 Å². The third-order valence-corrected chi connectivity index (χ3v) is 2.98. The number of esters is 1. The van der Waals surface area contributed by atoms with Gasteiger partial charge in [0.2, 0.25) is 5.91 Å². The van der Waals surface area contributed by atoms with Crippen molar-refractivity contribution in [3.8, 4) is 0 Å². The molecule has 0 aliphatic carbocycles. The third kappa shape index (κ3) is 5.43. The number of hydrogen-bond acceptors (Lipinski definition) is 4. The van der Waals surface area contributed by atoms with Gasteiger partial charge in [0.15, 0.2) is 0 Å². The molecule has 0 atom stereocenters.